The number of aromatic nitrogens is 2. The maximum atomic E-state index is 12.4. The molecule has 0 aliphatic carbocycles. The van der Waals surface area contributed by atoms with Gasteiger partial charge in [0, 0.05) is 18.7 Å². The molecule has 0 amide bonds. The number of fused-ring (bicyclic) bond motifs is 1. The van der Waals surface area contributed by atoms with E-state index in [-0.39, 0.29) is 16.6 Å². The molecule has 122 valence electrons. The maximum Gasteiger partial charge on any atom is 0.270 e. The van der Waals surface area contributed by atoms with Gasteiger partial charge < -0.3 is 4.74 Å². The number of aryl methyl sites for hydroxylation is 1. The van der Waals surface area contributed by atoms with E-state index in [0.717, 1.165) is 5.75 Å². The molecule has 0 unspecified atom stereocenters. The van der Waals surface area contributed by atoms with Crippen molar-refractivity contribution in [3.8, 4) is 5.75 Å². The van der Waals surface area contributed by atoms with E-state index in [1.54, 1.807) is 0 Å². The van der Waals surface area contributed by atoms with Gasteiger partial charge in [0.1, 0.15) is 5.75 Å². The summed E-state index contributed by atoms with van der Waals surface area (Å²) in [5.74, 6) is 0.775. The third-order valence-corrected chi connectivity index (χ3v) is 3.57. The van der Waals surface area contributed by atoms with Crippen LogP contribution in [0.4, 0.5) is 5.69 Å². The fraction of sp³-hybridized carbons (Fsp3) is 0.176. The molecule has 1 heterocycles. The molecule has 24 heavy (non-hydrogen) atoms. The van der Waals surface area contributed by atoms with Gasteiger partial charge in [-0.05, 0) is 24.6 Å². The monoisotopic (exact) mass is 325 g/mol. The van der Waals surface area contributed by atoms with Crippen LogP contribution in [0.2, 0.25) is 0 Å². The lowest BCUT2D eigenvalue weighted by Gasteiger charge is -2.08. The largest absolute Gasteiger partial charge is 0.494 e. The van der Waals surface area contributed by atoms with Crippen molar-refractivity contribution in [2.24, 2.45) is 0 Å². The lowest BCUT2D eigenvalue weighted by molar-refractivity contribution is -0.384. The third-order valence-electron chi connectivity index (χ3n) is 3.57. The lowest BCUT2D eigenvalue weighted by Crippen LogP contribution is -2.21. The van der Waals surface area contributed by atoms with E-state index in [0.29, 0.717) is 25.1 Å². The minimum absolute atomic E-state index is 0.119. The van der Waals surface area contributed by atoms with Gasteiger partial charge >= 0.3 is 0 Å². The Hall–Kier alpha value is -3.22. The minimum Gasteiger partial charge on any atom is -0.494 e. The third kappa shape index (κ3) is 3.40. The van der Waals surface area contributed by atoms with Crippen LogP contribution in [0, 0.1) is 10.1 Å². The smallest absolute Gasteiger partial charge is 0.270 e. The first-order chi connectivity index (χ1) is 11.6. The van der Waals surface area contributed by atoms with E-state index in [2.05, 4.69) is 4.98 Å². The normalized spacial score (nSPS) is 10.7. The van der Waals surface area contributed by atoms with Crippen molar-refractivity contribution in [2.75, 3.05) is 6.61 Å². The van der Waals surface area contributed by atoms with Gasteiger partial charge in [-0.15, -0.1) is 0 Å². The summed E-state index contributed by atoms with van der Waals surface area (Å²) in [5.41, 5.74) is 0.0392. The van der Waals surface area contributed by atoms with Crippen molar-refractivity contribution in [2.45, 2.75) is 13.0 Å². The number of nitrogens with zero attached hydrogens (tertiary/aromatic N) is 3. The Kier molecular flexibility index (Phi) is 4.51. The summed E-state index contributed by atoms with van der Waals surface area (Å²) in [4.78, 5) is 26.9. The first kappa shape index (κ1) is 15.7. The zero-order valence-corrected chi connectivity index (χ0v) is 12.8. The molecule has 0 spiro atoms. The molecule has 0 aliphatic rings. The van der Waals surface area contributed by atoms with Crippen LogP contribution in [0.3, 0.4) is 0 Å². The van der Waals surface area contributed by atoms with Gasteiger partial charge in [-0.2, -0.15) is 0 Å². The summed E-state index contributed by atoms with van der Waals surface area (Å²) in [5, 5.41) is 11.1. The molecule has 7 heteroatoms. The van der Waals surface area contributed by atoms with E-state index < -0.39 is 4.92 Å². The van der Waals surface area contributed by atoms with Gasteiger partial charge in [0.25, 0.3) is 11.2 Å². The van der Waals surface area contributed by atoms with Crippen molar-refractivity contribution in [3.63, 3.8) is 0 Å². The molecule has 3 rings (SSSR count). The summed E-state index contributed by atoms with van der Waals surface area (Å²) < 4.78 is 7.03. The highest BCUT2D eigenvalue weighted by Crippen LogP contribution is 2.16. The highest BCUT2D eigenvalue weighted by molar-refractivity contribution is 5.79. The zero-order valence-electron chi connectivity index (χ0n) is 12.8. The first-order valence-electron chi connectivity index (χ1n) is 7.46. The fourth-order valence-electron chi connectivity index (χ4n) is 2.36. The van der Waals surface area contributed by atoms with Gasteiger partial charge in [0.2, 0.25) is 0 Å². The predicted octanol–water partition coefficient (Wildman–Crippen LogP) is 2.77. The quantitative estimate of drug-likeness (QED) is 0.395. The van der Waals surface area contributed by atoms with E-state index in [1.807, 2.05) is 30.3 Å². The fourth-order valence-corrected chi connectivity index (χ4v) is 2.36. The standard InChI is InChI=1S/C17H15N3O4/c21-17-15-11-13(20(22)23)7-8-16(15)18-12-19(17)9-4-10-24-14-5-2-1-3-6-14/h1-3,5-8,11-12H,4,9-10H2. The number of benzene rings is 2. The van der Waals surface area contributed by atoms with Gasteiger partial charge in [-0.25, -0.2) is 4.98 Å². The van der Waals surface area contributed by atoms with Crippen LogP contribution in [0.5, 0.6) is 5.75 Å². The molecule has 0 bridgehead atoms. The molecule has 0 aliphatic heterocycles. The number of para-hydroxylation sites is 1. The van der Waals surface area contributed by atoms with Crippen LogP contribution in [0.25, 0.3) is 10.9 Å². The Morgan fingerprint density at radius 3 is 2.71 bits per heavy atom. The summed E-state index contributed by atoms with van der Waals surface area (Å²) in [7, 11) is 0. The molecule has 0 N–H and O–H groups in total. The first-order valence-corrected chi connectivity index (χ1v) is 7.46. The zero-order chi connectivity index (χ0) is 16.9. The molecule has 3 aromatic rings. The summed E-state index contributed by atoms with van der Waals surface area (Å²) in [6, 6.07) is 13.5. The van der Waals surface area contributed by atoms with E-state index >= 15 is 0 Å². The number of nitro groups is 1. The second kappa shape index (κ2) is 6.91. The molecule has 2 aromatic carbocycles. The van der Waals surface area contributed by atoms with Crippen LogP contribution < -0.4 is 10.3 Å². The Morgan fingerprint density at radius 2 is 1.96 bits per heavy atom. The van der Waals surface area contributed by atoms with Crippen molar-refractivity contribution in [1.29, 1.82) is 0 Å². The van der Waals surface area contributed by atoms with Gasteiger partial charge in [0.15, 0.2) is 0 Å². The van der Waals surface area contributed by atoms with Crippen LogP contribution in [-0.2, 0) is 6.54 Å². The molecule has 1 aromatic heterocycles. The molecule has 7 nitrogen and oxygen atoms in total. The molecular weight excluding hydrogens is 310 g/mol. The summed E-state index contributed by atoms with van der Waals surface area (Å²) in [6.07, 6.45) is 2.08. The summed E-state index contributed by atoms with van der Waals surface area (Å²) in [6.45, 7) is 0.890. The SMILES string of the molecule is O=c1c2cc([N+](=O)[O-])ccc2ncn1CCCOc1ccccc1. The average molecular weight is 325 g/mol. The molecule has 0 saturated carbocycles. The van der Waals surface area contributed by atoms with Crippen molar-refractivity contribution in [1.82, 2.24) is 9.55 Å². The van der Waals surface area contributed by atoms with Crippen LogP contribution in [0.15, 0.2) is 59.7 Å². The number of hydrogen-bond donors (Lipinski definition) is 0. The molecule has 0 radical (unpaired) electrons. The van der Waals surface area contributed by atoms with Crippen LogP contribution >= 0.6 is 0 Å². The number of non-ortho nitro benzene ring substituents is 1. The van der Waals surface area contributed by atoms with Crippen LogP contribution in [-0.4, -0.2) is 21.1 Å². The van der Waals surface area contributed by atoms with Crippen LogP contribution in [0.1, 0.15) is 6.42 Å². The maximum absolute atomic E-state index is 12.4. The van der Waals surface area contributed by atoms with E-state index in [1.165, 1.54) is 29.1 Å². The van der Waals surface area contributed by atoms with E-state index in [4.69, 9.17) is 4.74 Å². The number of nitro benzene ring substituents is 1. The highest BCUT2D eigenvalue weighted by atomic mass is 16.6. The average Bonchev–Trinajstić information content (AvgIpc) is 2.61. The van der Waals surface area contributed by atoms with Gasteiger partial charge in [-0.3, -0.25) is 19.5 Å². The summed E-state index contributed by atoms with van der Waals surface area (Å²) >= 11 is 0. The Bertz CT molecular complexity index is 922. The van der Waals surface area contributed by atoms with Gasteiger partial charge in [-0.1, -0.05) is 18.2 Å². The second-order valence-electron chi connectivity index (χ2n) is 5.22. The molecule has 0 fully saturated rings. The number of rotatable bonds is 6. The Labute approximate surface area is 137 Å². The molecule has 0 atom stereocenters. The predicted molar refractivity (Wildman–Crippen MR) is 89.2 cm³/mol. The topological polar surface area (TPSA) is 87.3 Å². The molecule has 0 saturated heterocycles. The Balaban J connectivity index is 1.71. The number of hydrogen-bond acceptors (Lipinski definition) is 5. The highest BCUT2D eigenvalue weighted by Gasteiger charge is 2.10. The van der Waals surface area contributed by atoms with Gasteiger partial charge in [0.05, 0.1) is 28.8 Å². The van der Waals surface area contributed by atoms with Crippen molar-refractivity contribution >= 4 is 16.6 Å². The molecular formula is C17H15N3O4. The number of ether oxygens (including phenoxy) is 1. The van der Waals surface area contributed by atoms with Crippen molar-refractivity contribution < 1.29 is 9.66 Å². The van der Waals surface area contributed by atoms with E-state index in [9.17, 15) is 14.9 Å². The minimum atomic E-state index is -0.524. The van der Waals surface area contributed by atoms with Crippen molar-refractivity contribution in [3.05, 3.63) is 75.3 Å². The second-order valence-corrected chi connectivity index (χ2v) is 5.22. The Morgan fingerprint density at radius 1 is 1.17 bits per heavy atom. The lowest BCUT2D eigenvalue weighted by atomic mass is 10.2.